The van der Waals surface area contributed by atoms with Crippen molar-refractivity contribution in [2.75, 3.05) is 18.8 Å². The Morgan fingerprint density at radius 2 is 2.22 bits per heavy atom. The summed E-state index contributed by atoms with van der Waals surface area (Å²) in [5.41, 5.74) is 0.522. The van der Waals surface area contributed by atoms with E-state index in [2.05, 4.69) is 34.8 Å². The number of hydrogen-bond acceptors (Lipinski definition) is 3. The molecule has 1 fully saturated rings. The van der Waals surface area contributed by atoms with E-state index in [9.17, 15) is 4.79 Å². The number of amides is 1. The van der Waals surface area contributed by atoms with Crippen molar-refractivity contribution in [1.29, 1.82) is 0 Å². The van der Waals surface area contributed by atoms with Crippen LogP contribution in [-0.2, 0) is 0 Å². The molecule has 1 aliphatic heterocycles. The molecule has 0 aromatic carbocycles. The van der Waals surface area contributed by atoms with Crippen LogP contribution in [0.1, 0.15) is 30.8 Å². The molecule has 1 aromatic heterocycles. The number of halogens is 1. The number of carbonyl (C=O) groups excluding carboxylic acids is 1. The summed E-state index contributed by atoms with van der Waals surface area (Å²) in [6.07, 6.45) is 1.03. The molecule has 18 heavy (non-hydrogen) atoms. The quantitative estimate of drug-likeness (QED) is 0.742. The topological polar surface area (TPSA) is 33.2 Å². The van der Waals surface area contributed by atoms with Crippen LogP contribution < -0.4 is 0 Å². The molecule has 98 valence electrons. The molecular weight excluding hydrogens is 312 g/mol. The zero-order chi connectivity index (χ0) is 13.2. The highest BCUT2D eigenvalue weighted by atomic mass is 79.9. The van der Waals surface area contributed by atoms with Gasteiger partial charge in [-0.25, -0.2) is 4.98 Å². The van der Waals surface area contributed by atoms with Crippen LogP contribution in [0.4, 0.5) is 0 Å². The zero-order valence-electron chi connectivity index (χ0n) is 10.6. The molecule has 1 amide bonds. The third-order valence-electron chi connectivity index (χ3n) is 3.06. The van der Waals surface area contributed by atoms with Crippen LogP contribution in [0.15, 0.2) is 22.8 Å². The Morgan fingerprint density at radius 3 is 2.94 bits per heavy atom. The van der Waals surface area contributed by atoms with Crippen molar-refractivity contribution in [2.24, 2.45) is 0 Å². The minimum Gasteiger partial charge on any atom is -0.336 e. The fourth-order valence-electron chi connectivity index (χ4n) is 1.91. The maximum atomic E-state index is 12.3. The zero-order valence-corrected chi connectivity index (χ0v) is 13.1. The molecule has 5 heteroatoms. The first-order chi connectivity index (χ1) is 8.48. The molecule has 0 saturated carbocycles. The summed E-state index contributed by atoms with van der Waals surface area (Å²) in [5.74, 6) is 1.03. The van der Waals surface area contributed by atoms with Gasteiger partial charge in [-0.3, -0.25) is 4.79 Å². The van der Waals surface area contributed by atoms with Crippen molar-refractivity contribution < 1.29 is 4.79 Å². The number of pyridine rings is 1. The summed E-state index contributed by atoms with van der Waals surface area (Å²) < 4.78 is 0.970. The molecule has 0 spiro atoms. The number of aromatic nitrogens is 1. The van der Waals surface area contributed by atoms with Gasteiger partial charge < -0.3 is 4.90 Å². The summed E-state index contributed by atoms with van der Waals surface area (Å²) in [6, 6.07) is 5.45. The molecule has 0 atom stereocenters. The van der Waals surface area contributed by atoms with Gasteiger partial charge in [0.25, 0.3) is 5.91 Å². The van der Waals surface area contributed by atoms with Gasteiger partial charge in [-0.15, -0.1) is 0 Å². The minimum absolute atomic E-state index is 0.0367. The van der Waals surface area contributed by atoms with E-state index in [-0.39, 0.29) is 10.7 Å². The van der Waals surface area contributed by atoms with Gasteiger partial charge in [0.05, 0.1) is 0 Å². The first-order valence-corrected chi connectivity index (χ1v) is 7.82. The first kappa shape index (κ1) is 13.9. The van der Waals surface area contributed by atoms with Gasteiger partial charge in [-0.05, 0) is 34.5 Å². The van der Waals surface area contributed by atoms with Crippen LogP contribution in [0, 0.1) is 0 Å². The first-order valence-electron chi connectivity index (χ1n) is 6.04. The average Bonchev–Trinajstić information content (AvgIpc) is 2.49. The maximum Gasteiger partial charge on any atom is 0.272 e. The minimum atomic E-state index is 0.0367. The van der Waals surface area contributed by atoms with Crippen molar-refractivity contribution in [3.05, 3.63) is 28.5 Å². The highest BCUT2D eigenvalue weighted by Crippen LogP contribution is 2.30. The highest BCUT2D eigenvalue weighted by molar-refractivity contribution is 9.10. The van der Waals surface area contributed by atoms with Gasteiger partial charge in [0.1, 0.15) is 10.3 Å². The molecule has 0 aliphatic carbocycles. The van der Waals surface area contributed by atoms with Crippen molar-refractivity contribution in [3.8, 4) is 0 Å². The summed E-state index contributed by atoms with van der Waals surface area (Å²) in [6.45, 7) is 6.10. The molecule has 0 radical (unpaired) electrons. The lowest BCUT2D eigenvalue weighted by Gasteiger charge is -2.22. The SMILES string of the molecule is CC1(C)CCN(C(=O)c2cccc(Br)n2)CCS1. The predicted molar refractivity (Wildman–Crippen MR) is 79.0 cm³/mol. The Kier molecular flexibility index (Phi) is 4.33. The fourth-order valence-corrected chi connectivity index (χ4v) is 3.36. The van der Waals surface area contributed by atoms with E-state index in [0.29, 0.717) is 10.3 Å². The second kappa shape index (κ2) is 5.61. The van der Waals surface area contributed by atoms with Crippen molar-refractivity contribution in [3.63, 3.8) is 0 Å². The largest absolute Gasteiger partial charge is 0.336 e. The summed E-state index contributed by atoms with van der Waals surface area (Å²) in [4.78, 5) is 18.5. The van der Waals surface area contributed by atoms with Crippen LogP contribution in [0.2, 0.25) is 0 Å². The fraction of sp³-hybridized carbons (Fsp3) is 0.538. The van der Waals surface area contributed by atoms with Gasteiger partial charge in [0.15, 0.2) is 0 Å². The van der Waals surface area contributed by atoms with Crippen LogP contribution >= 0.6 is 27.7 Å². The number of hydrogen-bond donors (Lipinski definition) is 0. The van der Waals surface area contributed by atoms with E-state index in [4.69, 9.17) is 0 Å². The molecule has 2 rings (SSSR count). The Bertz CT molecular complexity index is 450. The molecule has 1 aliphatic rings. The lowest BCUT2D eigenvalue weighted by atomic mass is 10.1. The number of nitrogens with zero attached hydrogens (tertiary/aromatic N) is 2. The Labute approximate surface area is 120 Å². The van der Waals surface area contributed by atoms with E-state index < -0.39 is 0 Å². The lowest BCUT2D eigenvalue weighted by molar-refractivity contribution is 0.0758. The summed E-state index contributed by atoms with van der Waals surface area (Å²) in [7, 11) is 0. The molecule has 0 N–H and O–H groups in total. The van der Waals surface area contributed by atoms with Crippen LogP contribution in [0.25, 0.3) is 0 Å². The monoisotopic (exact) mass is 328 g/mol. The molecule has 3 nitrogen and oxygen atoms in total. The molecule has 2 heterocycles. The van der Waals surface area contributed by atoms with Crippen LogP contribution in [0.5, 0.6) is 0 Å². The number of carbonyl (C=O) groups is 1. The average molecular weight is 329 g/mol. The van der Waals surface area contributed by atoms with E-state index in [1.165, 1.54) is 0 Å². The highest BCUT2D eigenvalue weighted by Gasteiger charge is 2.26. The summed E-state index contributed by atoms with van der Waals surface area (Å²) in [5, 5.41) is 0. The van der Waals surface area contributed by atoms with Gasteiger partial charge in [-0.2, -0.15) is 11.8 Å². The van der Waals surface area contributed by atoms with Gasteiger partial charge in [-0.1, -0.05) is 19.9 Å². The van der Waals surface area contributed by atoms with Crippen molar-refractivity contribution >= 4 is 33.6 Å². The van der Waals surface area contributed by atoms with E-state index >= 15 is 0 Å². The smallest absolute Gasteiger partial charge is 0.272 e. The molecule has 0 unspecified atom stereocenters. The lowest BCUT2D eigenvalue weighted by Crippen LogP contribution is -2.34. The van der Waals surface area contributed by atoms with Crippen molar-refractivity contribution in [2.45, 2.75) is 25.0 Å². The van der Waals surface area contributed by atoms with Crippen molar-refractivity contribution in [1.82, 2.24) is 9.88 Å². The second-order valence-corrected chi connectivity index (χ2v) is 7.61. The van der Waals surface area contributed by atoms with E-state index in [1.54, 1.807) is 6.07 Å². The van der Waals surface area contributed by atoms with Crippen LogP contribution in [-0.4, -0.2) is 39.4 Å². The second-order valence-electron chi connectivity index (χ2n) is 5.00. The number of rotatable bonds is 1. The Morgan fingerprint density at radius 1 is 1.44 bits per heavy atom. The third kappa shape index (κ3) is 3.48. The molecule has 1 saturated heterocycles. The number of thioether (sulfide) groups is 1. The normalized spacial score (nSPS) is 19.4. The Balaban J connectivity index is 2.10. The van der Waals surface area contributed by atoms with E-state index in [1.807, 2.05) is 28.8 Å². The van der Waals surface area contributed by atoms with E-state index in [0.717, 1.165) is 25.3 Å². The van der Waals surface area contributed by atoms with Gasteiger partial charge >= 0.3 is 0 Å². The maximum absolute atomic E-state index is 12.3. The third-order valence-corrected chi connectivity index (χ3v) is 4.87. The standard InChI is InChI=1S/C13H17BrN2OS/c1-13(2)6-7-16(8-9-18-13)12(17)10-4-3-5-11(14)15-10/h3-5H,6-9H2,1-2H3. The molecular formula is C13H17BrN2OS. The molecule has 1 aromatic rings. The van der Waals surface area contributed by atoms with Gasteiger partial charge in [0.2, 0.25) is 0 Å². The summed E-state index contributed by atoms with van der Waals surface area (Å²) >= 11 is 5.24. The van der Waals surface area contributed by atoms with Crippen LogP contribution in [0.3, 0.4) is 0 Å². The van der Waals surface area contributed by atoms with Gasteiger partial charge in [0, 0.05) is 23.6 Å². The Hall–Kier alpha value is -0.550. The molecule has 0 bridgehead atoms. The predicted octanol–water partition coefficient (Wildman–Crippen LogP) is 3.20.